The molecule has 156 valence electrons. The van der Waals surface area contributed by atoms with Crippen LogP contribution in [0.5, 0.6) is 23.0 Å². The first-order valence-corrected chi connectivity index (χ1v) is 10.5. The van der Waals surface area contributed by atoms with Crippen LogP contribution in [0.25, 0.3) is 11.8 Å². The van der Waals surface area contributed by atoms with Gasteiger partial charge in [-0.05, 0) is 47.4 Å². The van der Waals surface area contributed by atoms with Crippen LogP contribution in [0.3, 0.4) is 0 Å². The molecule has 0 N–H and O–H groups in total. The first kappa shape index (κ1) is 18.2. The second-order valence-corrected chi connectivity index (χ2v) is 7.95. The Labute approximate surface area is 181 Å². The summed E-state index contributed by atoms with van der Waals surface area (Å²) >= 11 is 0. The first-order valence-electron chi connectivity index (χ1n) is 10.5. The van der Waals surface area contributed by atoms with Gasteiger partial charge < -0.3 is 23.8 Å². The fourth-order valence-electron chi connectivity index (χ4n) is 5.03. The van der Waals surface area contributed by atoms with Crippen molar-refractivity contribution in [1.82, 2.24) is 4.90 Å². The summed E-state index contributed by atoms with van der Waals surface area (Å²) in [6.45, 7) is 1.19. The van der Waals surface area contributed by atoms with Crippen molar-refractivity contribution in [3.05, 3.63) is 82.4 Å². The van der Waals surface area contributed by atoms with Gasteiger partial charge in [-0.25, -0.2) is 0 Å². The smallest absolute Gasteiger partial charge is 0.231 e. The summed E-state index contributed by atoms with van der Waals surface area (Å²) in [7, 11) is 3.40. The van der Waals surface area contributed by atoms with E-state index in [4.69, 9.17) is 18.9 Å². The summed E-state index contributed by atoms with van der Waals surface area (Å²) in [4.78, 5) is 2.48. The van der Waals surface area contributed by atoms with Gasteiger partial charge in [-0.3, -0.25) is 0 Å². The highest BCUT2D eigenvalue weighted by molar-refractivity contribution is 5.88. The summed E-state index contributed by atoms with van der Waals surface area (Å²) in [5.41, 5.74) is 7.21. The largest absolute Gasteiger partial charge is 0.493 e. The van der Waals surface area contributed by atoms with E-state index in [9.17, 15) is 0 Å². The van der Waals surface area contributed by atoms with E-state index < -0.39 is 0 Å². The molecule has 0 unspecified atom stereocenters. The molecule has 6 rings (SSSR count). The molecule has 0 radical (unpaired) electrons. The van der Waals surface area contributed by atoms with Crippen LogP contribution < -0.4 is 18.9 Å². The molecular formula is C26H23NO4. The lowest BCUT2D eigenvalue weighted by Gasteiger charge is -2.43. The zero-order chi connectivity index (χ0) is 20.9. The van der Waals surface area contributed by atoms with Gasteiger partial charge in [0, 0.05) is 23.4 Å². The van der Waals surface area contributed by atoms with E-state index in [2.05, 4.69) is 59.5 Å². The molecule has 3 aliphatic heterocycles. The maximum atomic E-state index is 5.88. The van der Waals surface area contributed by atoms with Crippen LogP contribution in [0.2, 0.25) is 0 Å². The molecule has 3 aromatic rings. The van der Waals surface area contributed by atoms with E-state index in [0.717, 1.165) is 47.1 Å². The van der Waals surface area contributed by atoms with Crippen molar-refractivity contribution in [3.8, 4) is 23.0 Å². The fraction of sp³-hybridized carbons (Fsp3) is 0.231. The van der Waals surface area contributed by atoms with Crippen molar-refractivity contribution in [2.24, 2.45) is 0 Å². The molecule has 0 bridgehead atoms. The van der Waals surface area contributed by atoms with E-state index >= 15 is 0 Å². The molecule has 3 aliphatic rings. The Hall–Kier alpha value is -3.60. The van der Waals surface area contributed by atoms with Crippen molar-refractivity contribution < 1.29 is 18.9 Å². The van der Waals surface area contributed by atoms with Crippen molar-refractivity contribution in [3.63, 3.8) is 0 Å². The summed E-state index contributed by atoms with van der Waals surface area (Å²) in [5, 5.41) is 0. The zero-order valence-corrected chi connectivity index (χ0v) is 17.6. The Morgan fingerprint density at radius 1 is 0.935 bits per heavy atom. The average molecular weight is 413 g/mol. The highest BCUT2D eigenvalue weighted by Gasteiger charge is 2.37. The lowest BCUT2D eigenvalue weighted by molar-refractivity contribution is 0.174. The standard InChI is InChI=1S/C26H23NO4/c1-28-21-9-8-18-12-20-19-14-23-22(30-15-31-23)13-17(19)10-11-27(20)25(24(18)26(21)29-2)16-6-4-3-5-7-16/h3-9,12-14,25H,10-11,15H2,1-2H3/t25-/m1/s1. The summed E-state index contributed by atoms with van der Waals surface area (Å²) < 4.78 is 22.8. The van der Waals surface area contributed by atoms with Gasteiger partial charge in [0.25, 0.3) is 0 Å². The lowest BCUT2D eigenvalue weighted by Crippen LogP contribution is -2.36. The number of hydrogen-bond donors (Lipinski definition) is 0. The molecule has 3 heterocycles. The van der Waals surface area contributed by atoms with Crippen LogP contribution in [0.15, 0.2) is 54.6 Å². The predicted octanol–water partition coefficient (Wildman–Crippen LogP) is 4.89. The number of hydrogen-bond acceptors (Lipinski definition) is 5. The quantitative estimate of drug-likeness (QED) is 0.611. The molecule has 5 nitrogen and oxygen atoms in total. The van der Waals surface area contributed by atoms with Gasteiger partial charge in [0.1, 0.15) is 0 Å². The number of benzene rings is 3. The zero-order valence-electron chi connectivity index (χ0n) is 17.6. The molecule has 0 spiro atoms. The van der Waals surface area contributed by atoms with E-state index in [1.165, 1.54) is 22.4 Å². The molecule has 1 atom stereocenters. The van der Waals surface area contributed by atoms with Crippen LogP contribution in [-0.2, 0) is 6.42 Å². The van der Waals surface area contributed by atoms with Crippen LogP contribution in [-0.4, -0.2) is 32.5 Å². The third-order valence-corrected chi connectivity index (χ3v) is 6.42. The van der Waals surface area contributed by atoms with Crippen LogP contribution >= 0.6 is 0 Å². The molecule has 0 saturated carbocycles. The first-order chi connectivity index (χ1) is 15.3. The van der Waals surface area contributed by atoms with Crippen molar-refractivity contribution in [2.45, 2.75) is 12.5 Å². The molecule has 0 amide bonds. The second-order valence-electron chi connectivity index (χ2n) is 7.95. The molecule has 0 saturated heterocycles. The van der Waals surface area contributed by atoms with E-state index in [1.54, 1.807) is 14.2 Å². The van der Waals surface area contributed by atoms with Crippen LogP contribution in [0.4, 0.5) is 0 Å². The molecule has 0 aliphatic carbocycles. The Morgan fingerprint density at radius 2 is 1.74 bits per heavy atom. The second kappa shape index (κ2) is 6.98. The van der Waals surface area contributed by atoms with Crippen molar-refractivity contribution >= 4 is 11.8 Å². The Balaban J connectivity index is 1.61. The summed E-state index contributed by atoms with van der Waals surface area (Å²) in [5.74, 6) is 3.20. The number of nitrogens with zero attached hydrogens (tertiary/aromatic N) is 1. The normalized spacial score (nSPS) is 17.9. The van der Waals surface area contributed by atoms with Gasteiger partial charge >= 0.3 is 0 Å². The van der Waals surface area contributed by atoms with Gasteiger partial charge in [-0.1, -0.05) is 36.4 Å². The molecule has 0 fully saturated rings. The number of ether oxygens (including phenoxy) is 4. The topological polar surface area (TPSA) is 40.2 Å². The minimum atomic E-state index is 0.0276. The molecule has 5 heteroatoms. The Morgan fingerprint density at radius 3 is 2.52 bits per heavy atom. The Bertz CT molecular complexity index is 1200. The van der Waals surface area contributed by atoms with E-state index in [-0.39, 0.29) is 12.8 Å². The number of fused-ring (bicyclic) bond motifs is 5. The fourth-order valence-corrected chi connectivity index (χ4v) is 5.03. The molecule has 31 heavy (non-hydrogen) atoms. The number of methoxy groups -OCH3 is 2. The number of rotatable bonds is 3. The summed E-state index contributed by atoms with van der Waals surface area (Å²) in [6.07, 6.45) is 3.20. The molecular weight excluding hydrogens is 390 g/mol. The SMILES string of the molecule is COc1ccc2c(c1OC)[C@@H](c1ccccc1)N1CCc3cc4c(cc3C1=C2)OCO4. The predicted molar refractivity (Wildman–Crippen MR) is 119 cm³/mol. The Kier molecular flexibility index (Phi) is 4.10. The highest BCUT2D eigenvalue weighted by Crippen LogP contribution is 2.51. The third-order valence-electron chi connectivity index (χ3n) is 6.42. The minimum Gasteiger partial charge on any atom is -0.493 e. The van der Waals surface area contributed by atoms with Crippen LogP contribution in [0, 0.1) is 0 Å². The van der Waals surface area contributed by atoms with Gasteiger partial charge in [0.15, 0.2) is 23.0 Å². The maximum absolute atomic E-state index is 5.88. The minimum absolute atomic E-state index is 0.0276. The maximum Gasteiger partial charge on any atom is 0.231 e. The van der Waals surface area contributed by atoms with Crippen molar-refractivity contribution in [1.29, 1.82) is 0 Å². The van der Waals surface area contributed by atoms with Gasteiger partial charge in [0.2, 0.25) is 6.79 Å². The third kappa shape index (κ3) is 2.69. The van der Waals surface area contributed by atoms with E-state index in [0.29, 0.717) is 0 Å². The van der Waals surface area contributed by atoms with Crippen molar-refractivity contribution in [2.75, 3.05) is 27.6 Å². The summed E-state index contributed by atoms with van der Waals surface area (Å²) in [6, 6.07) is 19.0. The van der Waals surface area contributed by atoms with Crippen LogP contribution in [0.1, 0.15) is 33.9 Å². The molecule has 3 aromatic carbocycles. The van der Waals surface area contributed by atoms with Gasteiger partial charge in [-0.2, -0.15) is 0 Å². The van der Waals surface area contributed by atoms with Gasteiger partial charge in [0.05, 0.1) is 20.3 Å². The van der Waals surface area contributed by atoms with E-state index in [1.807, 2.05) is 6.07 Å². The average Bonchev–Trinajstić information content (AvgIpc) is 3.28. The highest BCUT2D eigenvalue weighted by atomic mass is 16.7. The monoisotopic (exact) mass is 413 g/mol. The molecule has 0 aromatic heterocycles. The lowest BCUT2D eigenvalue weighted by atomic mass is 9.83. The van der Waals surface area contributed by atoms with Gasteiger partial charge in [-0.15, -0.1) is 0 Å².